The summed E-state index contributed by atoms with van der Waals surface area (Å²) in [6, 6.07) is 4.38. The fraction of sp³-hybridized carbons (Fsp3) is 0.333. The first-order valence-electron chi connectivity index (χ1n) is 9.34. The van der Waals surface area contributed by atoms with Crippen LogP contribution in [0, 0.1) is 17.7 Å². The molecule has 0 amide bonds. The van der Waals surface area contributed by atoms with Crippen LogP contribution in [0.1, 0.15) is 37.2 Å². The zero-order valence-electron chi connectivity index (χ0n) is 14.9. The van der Waals surface area contributed by atoms with Gasteiger partial charge >= 0.3 is 11.9 Å². The minimum atomic E-state index is -1.12. The molecular weight excluding hydrogens is 381 g/mol. The fourth-order valence-electron chi connectivity index (χ4n) is 4.16. The van der Waals surface area contributed by atoms with Crippen molar-refractivity contribution < 1.29 is 24.2 Å². The Labute approximate surface area is 164 Å². The molecule has 5 nitrogen and oxygen atoms in total. The molecular formula is C21H18FNO4S. The van der Waals surface area contributed by atoms with Crippen molar-refractivity contribution >= 4 is 33.4 Å². The highest BCUT2D eigenvalue weighted by Gasteiger charge is 2.46. The maximum absolute atomic E-state index is 13.9. The van der Waals surface area contributed by atoms with E-state index in [1.807, 2.05) is 0 Å². The number of carbonyl (C=O) groups is 2. The van der Waals surface area contributed by atoms with Gasteiger partial charge in [-0.2, -0.15) is 0 Å². The lowest BCUT2D eigenvalue weighted by molar-refractivity contribution is -0.133. The minimum absolute atomic E-state index is 0.0910. The van der Waals surface area contributed by atoms with Gasteiger partial charge < -0.3 is 15.5 Å². The molecule has 0 radical (unpaired) electrons. The highest BCUT2D eigenvalue weighted by Crippen LogP contribution is 2.51. The van der Waals surface area contributed by atoms with Crippen LogP contribution in [0.25, 0.3) is 10.1 Å². The number of nitrogens with one attached hydrogen (secondary N) is 1. The van der Waals surface area contributed by atoms with Gasteiger partial charge in [0.1, 0.15) is 5.82 Å². The van der Waals surface area contributed by atoms with E-state index in [9.17, 15) is 24.2 Å². The number of allylic oxidation sites excluding steroid dienone is 2. The molecule has 3 N–H and O–H groups in total. The van der Waals surface area contributed by atoms with Crippen LogP contribution in [-0.2, 0) is 9.59 Å². The first-order chi connectivity index (χ1) is 13.5. The van der Waals surface area contributed by atoms with Crippen molar-refractivity contribution in [2.45, 2.75) is 31.6 Å². The summed E-state index contributed by atoms with van der Waals surface area (Å²) in [6.45, 7) is 0. The van der Waals surface area contributed by atoms with E-state index in [1.165, 1.54) is 23.5 Å². The molecule has 2 aromatic rings. The first-order valence-corrected chi connectivity index (χ1v) is 10.2. The molecule has 0 saturated heterocycles. The van der Waals surface area contributed by atoms with Crippen LogP contribution >= 0.6 is 11.3 Å². The Kier molecular flexibility index (Phi) is 3.84. The Bertz CT molecular complexity index is 1050. The number of hydrogen-bond acceptors (Lipinski definition) is 4. The quantitative estimate of drug-likeness (QED) is 0.701. The Hall–Kier alpha value is -2.67. The fourth-order valence-corrected chi connectivity index (χ4v) is 5.12. The van der Waals surface area contributed by atoms with Crippen LogP contribution in [-0.4, -0.2) is 22.2 Å². The van der Waals surface area contributed by atoms with Crippen LogP contribution in [0.4, 0.5) is 4.39 Å². The predicted octanol–water partition coefficient (Wildman–Crippen LogP) is 4.22. The lowest BCUT2D eigenvalue weighted by atomic mass is 9.78. The summed E-state index contributed by atoms with van der Waals surface area (Å²) < 4.78 is 14.7. The molecule has 2 saturated carbocycles. The van der Waals surface area contributed by atoms with Crippen molar-refractivity contribution in [2.24, 2.45) is 11.8 Å². The number of aliphatic carboxylic acids is 2. The van der Waals surface area contributed by atoms with Crippen molar-refractivity contribution in [1.29, 1.82) is 0 Å². The van der Waals surface area contributed by atoms with Gasteiger partial charge in [-0.3, -0.25) is 0 Å². The standard InChI is InChI=1S/C21H18FNO4S/c22-11-5-6-14-12(7-11)13(8-28-14)15-16(20(24)25)18(9-1-2-9)23-19(10-3-4-10)17(15)21(26)27/h5-10,15,23H,1-4H2,(H,24,25)(H,26,27). The third-order valence-corrected chi connectivity index (χ3v) is 6.72. The van der Waals surface area contributed by atoms with E-state index in [2.05, 4.69) is 5.32 Å². The zero-order chi connectivity index (χ0) is 19.6. The number of carboxylic acids is 2. The average Bonchev–Trinajstić information content (AvgIpc) is 3.56. The lowest BCUT2D eigenvalue weighted by Crippen LogP contribution is -2.34. The third-order valence-electron chi connectivity index (χ3n) is 5.74. The van der Waals surface area contributed by atoms with E-state index in [1.54, 1.807) is 11.4 Å². The summed E-state index contributed by atoms with van der Waals surface area (Å²) in [5.74, 6) is -3.32. The van der Waals surface area contributed by atoms with Gasteiger partial charge in [0, 0.05) is 16.1 Å². The maximum atomic E-state index is 13.9. The molecule has 2 aliphatic carbocycles. The Morgan fingerprint density at radius 1 is 1.00 bits per heavy atom. The smallest absolute Gasteiger partial charge is 0.334 e. The van der Waals surface area contributed by atoms with Gasteiger partial charge in [0.25, 0.3) is 0 Å². The summed E-state index contributed by atoms with van der Waals surface area (Å²) in [6.07, 6.45) is 3.58. The predicted molar refractivity (Wildman–Crippen MR) is 102 cm³/mol. The molecule has 1 aliphatic heterocycles. The number of thiophene rings is 1. The molecule has 0 unspecified atom stereocenters. The second kappa shape index (κ2) is 6.17. The zero-order valence-corrected chi connectivity index (χ0v) is 15.7. The summed E-state index contributed by atoms with van der Waals surface area (Å²) in [4.78, 5) is 24.6. The van der Waals surface area contributed by atoms with Crippen LogP contribution < -0.4 is 5.32 Å². The molecule has 1 aromatic carbocycles. The summed E-state index contributed by atoms with van der Waals surface area (Å²) in [7, 11) is 0. The van der Waals surface area contributed by atoms with Crippen LogP contribution in [0.5, 0.6) is 0 Å². The number of fused-ring (bicyclic) bond motifs is 1. The molecule has 0 bridgehead atoms. The summed E-state index contributed by atoms with van der Waals surface area (Å²) in [5.41, 5.74) is 2.02. The van der Waals surface area contributed by atoms with E-state index in [0.717, 1.165) is 30.4 Å². The number of carboxylic acid groups (broad SMARTS) is 2. The van der Waals surface area contributed by atoms with Crippen molar-refractivity contribution in [3.63, 3.8) is 0 Å². The second-order valence-electron chi connectivity index (χ2n) is 7.70. The molecule has 3 aliphatic rings. The van der Waals surface area contributed by atoms with E-state index < -0.39 is 23.7 Å². The van der Waals surface area contributed by atoms with Crippen LogP contribution in [0.3, 0.4) is 0 Å². The van der Waals surface area contributed by atoms with Gasteiger partial charge in [0.05, 0.1) is 17.1 Å². The molecule has 5 rings (SSSR count). The summed E-state index contributed by atoms with van der Waals surface area (Å²) >= 11 is 1.38. The SMILES string of the molecule is O=C(O)C1=C(C2CC2)NC(C2CC2)=C(C(=O)O)C1c1csc2ccc(F)cc12. The Morgan fingerprint density at radius 3 is 2.07 bits per heavy atom. The van der Waals surface area contributed by atoms with Gasteiger partial charge in [0.2, 0.25) is 0 Å². The van der Waals surface area contributed by atoms with Gasteiger partial charge in [-0.25, -0.2) is 14.0 Å². The minimum Gasteiger partial charge on any atom is -0.478 e. The van der Waals surface area contributed by atoms with Crippen LogP contribution in [0.2, 0.25) is 0 Å². The largest absolute Gasteiger partial charge is 0.478 e. The maximum Gasteiger partial charge on any atom is 0.334 e. The number of benzene rings is 1. The lowest BCUT2D eigenvalue weighted by Gasteiger charge is -2.31. The average molecular weight is 399 g/mol. The molecule has 144 valence electrons. The van der Waals surface area contributed by atoms with E-state index in [4.69, 9.17) is 0 Å². The van der Waals surface area contributed by atoms with Gasteiger partial charge in [-0.15, -0.1) is 11.3 Å². The van der Waals surface area contributed by atoms with Gasteiger partial charge in [-0.1, -0.05) is 0 Å². The van der Waals surface area contributed by atoms with E-state index >= 15 is 0 Å². The molecule has 7 heteroatoms. The highest BCUT2D eigenvalue weighted by atomic mass is 32.1. The van der Waals surface area contributed by atoms with Gasteiger partial charge in [-0.05, 0) is 72.0 Å². The van der Waals surface area contributed by atoms with Crippen molar-refractivity contribution in [1.82, 2.24) is 5.32 Å². The molecule has 2 fully saturated rings. The monoisotopic (exact) mass is 399 g/mol. The second-order valence-corrected chi connectivity index (χ2v) is 8.61. The third kappa shape index (κ3) is 2.73. The molecule has 2 heterocycles. The van der Waals surface area contributed by atoms with Crippen molar-refractivity contribution in [3.05, 3.63) is 57.5 Å². The van der Waals surface area contributed by atoms with Gasteiger partial charge in [0.15, 0.2) is 0 Å². The Morgan fingerprint density at radius 2 is 1.57 bits per heavy atom. The number of halogens is 1. The molecule has 28 heavy (non-hydrogen) atoms. The normalized spacial score (nSPS) is 20.6. The number of rotatable bonds is 5. The molecule has 0 atom stereocenters. The Balaban J connectivity index is 1.79. The highest BCUT2D eigenvalue weighted by molar-refractivity contribution is 7.17. The molecule has 0 spiro atoms. The number of dihydropyridines is 1. The number of hydrogen-bond donors (Lipinski definition) is 3. The topological polar surface area (TPSA) is 86.6 Å². The summed E-state index contributed by atoms with van der Waals surface area (Å²) in [5, 5.41) is 25.7. The molecule has 1 aromatic heterocycles. The van der Waals surface area contributed by atoms with Crippen molar-refractivity contribution in [3.8, 4) is 0 Å². The van der Waals surface area contributed by atoms with E-state index in [-0.39, 0.29) is 23.0 Å². The van der Waals surface area contributed by atoms with Crippen molar-refractivity contribution in [2.75, 3.05) is 0 Å². The van der Waals surface area contributed by atoms with E-state index in [0.29, 0.717) is 22.3 Å². The van der Waals surface area contributed by atoms with Crippen LogP contribution in [0.15, 0.2) is 46.1 Å². The first kappa shape index (κ1) is 17.4.